The minimum absolute atomic E-state index is 0.209. The Bertz CT molecular complexity index is 561. The molecule has 0 aliphatic heterocycles. The summed E-state index contributed by atoms with van der Waals surface area (Å²) in [5.41, 5.74) is -1.99. The third-order valence-electron chi connectivity index (χ3n) is 3.13. The van der Waals surface area contributed by atoms with Crippen molar-refractivity contribution in [2.45, 2.75) is 118 Å². The Morgan fingerprint density at radius 2 is 1.10 bits per heavy atom. The maximum absolute atomic E-state index is 12.8. The number of ether oxygens (including phenoxy) is 2. The predicted molar refractivity (Wildman–Crippen MR) is 115 cm³/mol. The summed E-state index contributed by atoms with van der Waals surface area (Å²) in [6.45, 7) is 15.4. The lowest BCUT2D eigenvalue weighted by Gasteiger charge is -2.30. The number of esters is 2. The van der Waals surface area contributed by atoms with Crippen LogP contribution in [-0.2, 0) is 37.2 Å². The van der Waals surface area contributed by atoms with Crippen LogP contribution in [0.5, 0.6) is 0 Å². The molecule has 0 aromatic rings. The molecule has 8 nitrogen and oxygen atoms in total. The lowest BCUT2D eigenvalue weighted by molar-refractivity contribution is -0.155. The van der Waals surface area contributed by atoms with Gasteiger partial charge in [-0.15, -0.1) is 0 Å². The number of unbranched alkanes of at least 4 members (excludes halogenated alkanes) is 3. The van der Waals surface area contributed by atoms with Crippen LogP contribution in [0.15, 0.2) is 0 Å². The summed E-state index contributed by atoms with van der Waals surface area (Å²) < 4.78 is 39.1. The first-order valence-electron chi connectivity index (χ1n) is 10.4. The number of carbonyl (C=O) groups excluding carboxylic acids is 2. The van der Waals surface area contributed by atoms with Gasteiger partial charge in [0.2, 0.25) is 6.79 Å². The smallest absolute Gasteiger partial charge is 0.460 e. The Balaban J connectivity index is 4.14. The maximum atomic E-state index is 12.8. The van der Waals surface area contributed by atoms with Crippen molar-refractivity contribution in [1.82, 2.24) is 0 Å². The summed E-state index contributed by atoms with van der Waals surface area (Å²) in [5.74, 6) is -0.668. The Hall–Kier alpha value is -0.950. The van der Waals surface area contributed by atoms with E-state index < -0.39 is 37.4 Å². The third-order valence-corrected chi connectivity index (χ3v) is 5.10. The first-order valence-corrected chi connectivity index (χ1v) is 11.9. The average Bonchev–Trinajstić information content (AvgIpc) is 2.44. The van der Waals surface area contributed by atoms with E-state index in [0.717, 1.165) is 12.8 Å². The highest BCUT2D eigenvalue weighted by atomic mass is 31.2. The number of carbonyl (C=O) groups is 2. The van der Waals surface area contributed by atoms with Gasteiger partial charge in [0.1, 0.15) is 5.60 Å². The van der Waals surface area contributed by atoms with Crippen LogP contribution in [0.2, 0.25) is 0 Å². The molecule has 0 fully saturated rings. The van der Waals surface area contributed by atoms with E-state index in [1.807, 2.05) is 20.8 Å². The second-order valence-corrected chi connectivity index (χ2v) is 11.6. The summed E-state index contributed by atoms with van der Waals surface area (Å²) >= 11 is 0. The molecule has 0 unspecified atom stereocenters. The van der Waals surface area contributed by atoms with Crippen molar-refractivity contribution in [1.29, 1.82) is 0 Å². The molecule has 0 atom stereocenters. The van der Waals surface area contributed by atoms with Crippen LogP contribution < -0.4 is 0 Å². The largest absolute Gasteiger partial charge is 0.478 e. The summed E-state index contributed by atoms with van der Waals surface area (Å²) in [5, 5.41) is 0. The van der Waals surface area contributed by atoms with Gasteiger partial charge in [-0.1, -0.05) is 12.8 Å². The van der Waals surface area contributed by atoms with Crippen molar-refractivity contribution in [2.24, 2.45) is 0 Å². The zero-order chi connectivity index (χ0) is 23.6. The molecule has 0 saturated heterocycles. The molecule has 0 amide bonds. The minimum Gasteiger partial charge on any atom is -0.460 e. The third kappa shape index (κ3) is 17.9. The normalized spacial score (nSPS) is 13.2. The molecule has 0 N–H and O–H groups in total. The van der Waals surface area contributed by atoms with Crippen molar-refractivity contribution in [2.75, 3.05) is 6.79 Å². The van der Waals surface area contributed by atoms with E-state index in [-0.39, 0.29) is 12.4 Å². The molecule has 0 heterocycles. The lowest BCUT2D eigenvalue weighted by Crippen LogP contribution is -2.25. The van der Waals surface area contributed by atoms with Gasteiger partial charge in [0, 0.05) is 12.8 Å². The van der Waals surface area contributed by atoms with Crippen molar-refractivity contribution in [3.8, 4) is 0 Å². The molecular weight excluding hydrogens is 411 g/mol. The first kappa shape index (κ1) is 29.1. The molecule has 0 saturated carbocycles. The van der Waals surface area contributed by atoms with Gasteiger partial charge in [-0.05, 0) is 75.2 Å². The molecule has 0 aliphatic rings. The maximum Gasteiger partial charge on any atom is 0.478 e. The van der Waals surface area contributed by atoms with Crippen LogP contribution in [0.3, 0.4) is 0 Å². The zero-order valence-electron chi connectivity index (χ0n) is 20.2. The van der Waals surface area contributed by atoms with Gasteiger partial charge < -0.3 is 9.47 Å². The summed E-state index contributed by atoms with van der Waals surface area (Å²) in [4.78, 5) is 23.5. The van der Waals surface area contributed by atoms with Crippen molar-refractivity contribution >= 4 is 19.8 Å². The molecule has 30 heavy (non-hydrogen) atoms. The molecule has 0 spiro atoms. The van der Waals surface area contributed by atoms with Crippen LogP contribution in [0.1, 0.15) is 101 Å². The predicted octanol–water partition coefficient (Wildman–Crippen LogP) is 5.92. The van der Waals surface area contributed by atoms with E-state index in [2.05, 4.69) is 0 Å². The Kier molecular flexibility index (Phi) is 11.8. The number of phosphoric acid groups is 1. The Morgan fingerprint density at radius 1 is 0.667 bits per heavy atom. The topological polar surface area (TPSA) is 97.4 Å². The molecule has 0 radical (unpaired) electrons. The number of rotatable bonds is 12. The second kappa shape index (κ2) is 12.2. The minimum atomic E-state index is -3.90. The van der Waals surface area contributed by atoms with E-state index >= 15 is 0 Å². The number of hydrogen-bond donors (Lipinski definition) is 0. The zero-order valence-corrected chi connectivity index (χ0v) is 21.1. The highest BCUT2D eigenvalue weighted by Crippen LogP contribution is 2.55. The van der Waals surface area contributed by atoms with E-state index in [1.54, 1.807) is 41.5 Å². The van der Waals surface area contributed by atoms with E-state index in [1.165, 1.54) is 0 Å². The average molecular weight is 453 g/mol. The molecule has 0 rings (SSSR count). The summed E-state index contributed by atoms with van der Waals surface area (Å²) in [6, 6.07) is 0. The quantitative estimate of drug-likeness (QED) is 0.156. The molecule has 0 bridgehead atoms. The molecule has 178 valence electrons. The van der Waals surface area contributed by atoms with Gasteiger partial charge in [-0.2, -0.15) is 0 Å². The van der Waals surface area contributed by atoms with Crippen LogP contribution in [0, 0.1) is 0 Å². The Labute approximate surface area is 181 Å². The standard InChI is InChI=1S/C21H41O8P/c1-19(2,3)27-18(23)15-13-11-10-12-14-17(22)25-16-26-30(24,28-20(4,5)6)29-21(7,8)9/h10-16H2,1-9H3. The van der Waals surface area contributed by atoms with Gasteiger partial charge in [0.25, 0.3) is 0 Å². The van der Waals surface area contributed by atoms with E-state index in [4.69, 9.17) is 23.0 Å². The van der Waals surface area contributed by atoms with Gasteiger partial charge in [-0.25, -0.2) is 9.09 Å². The number of hydrogen-bond acceptors (Lipinski definition) is 8. The molecular formula is C21H41O8P. The van der Waals surface area contributed by atoms with Gasteiger partial charge in [-0.3, -0.25) is 18.6 Å². The molecule has 0 aromatic carbocycles. The van der Waals surface area contributed by atoms with Crippen LogP contribution in [0.4, 0.5) is 0 Å². The van der Waals surface area contributed by atoms with Gasteiger partial charge in [0.15, 0.2) is 0 Å². The monoisotopic (exact) mass is 452 g/mol. The van der Waals surface area contributed by atoms with E-state index in [0.29, 0.717) is 19.3 Å². The number of phosphoric ester groups is 1. The fourth-order valence-electron chi connectivity index (χ4n) is 2.26. The van der Waals surface area contributed by atoms with Crippen molar-refractivity contribution < 1.29 is 37.2 Å². The Morgan fingerprint density at radius 3 is 1.50 bits per heavy atom. The fourth-order valence-corrected chi connectivity index (χ4v) is 3.92. The van der Waals surface area contributed by atoms with Crippen molar-refractivity contribution in [3.63, 3.8) is 0 Å². The van der Waals surface area contributed by atoms with Crippen LogP contribution >= 0.6 is 7.82 Å². The molecule has 9 heteroatoms. The summed E-state index contributed by atoms with van der Waals surface area (Å²) in [7, 11) is -3.90. The van der Waals surface area contributed by atoms with Gasteiger partial charge in [0.05, 0.1) is 11.2 Å². The summed E-state index contributed by atoms with van der Waals surface area (Å²) in [6.07, 6.45) is 3.52. The fraction of sp³-hybridized carbons (Fsp3) is 0.905. The molecule has 0 aliphatic carbocycles. The van der Waals surface area contributed by atoms with Crippen LogP contribution in [-0.4, -0.2) is 35.5 Å². The van der Waals surface area contributed by atoms with Gasteiger partial charge >= 0.3 is 19.8 Å². The highest BCUT2D eigenvalue weighted by molar-refractivity contribution is 7.48. The van der Waals surface area contributed by atoms with Crippen LogP contribution in [0.25, 0.3) is 0 Å². The lowest BCUT2D eigenvalue weighted by atomic mass is 10.1. The van der Waals surface area contributed by atoms with Crippen molar-refractivity contribution in [3.05, 3.63) is 0 Å². The first-order chi connectivity index (χ1) is 13.4. The molecule has 0 aromatic heterocycles. The van der Waals surface area contributed by atoms with E-state index in [9.17, 15) is 14.2 Å². The SMILES string of the molecule is CC(C)(C)OC(=O)CCCCCCC(=O)OCOP(=O)(OC(C)(C)C)OC(C)(C)C. The highest BCUT2D eigenvalue weighted by Gasteiger charge is 2.37. The second-order valence-electron chi connectivity index (χ2n) is 10.1.